The van der Waals surface area contributed by atoms with Crippen molar-refractivity contribution in [2.75, 3.05) is 11.9 Å². The van der Waals surface area contributed by atoms with Gasteiger partial charge in [-0.05, 0) is 41.9 Å². The van der Waals surface area contributed by atoms with Crippen molar-refractivity contribution in [3.63, 3.8) is 0 Å². The van der Waals surface area contributed by atoms with Crippen LogP contribution in [0.5, 0.6) is 0 Å². The van der Waals surface area contributed by atoms with Crippen molar-refractivity contribution in [2.45, 2.75) is 26.3 Å². The molecule has 7 nitrogen and oxygen atoms in total. The van der Waals surface area contributed by atoms with Crippen LogP contribution in [0.3, 0.4) is 0 Å². The molecule has 0 saturated carbocycles. The highest BCUT2D eigenvalue weighted by molar-refractivity contribution is 5.89. The van der Waals surface area contributed by atoms with Gasteiger partial charge in [-0.2, -0.15) is 0 Å². The second-order valence-electron chi connectivity index (χ2n) is 4.48. The molecule has 0 saturated heterocycles. The highest BCUT2D eigenvalue weighted by Gasteiger charge is 2.09. The van der Waals surface area contributed by atoms with Crippen LogP contribution < -0.4 is 11.1 Å². The van der Waals surface area contributed by atoms with Crippen molar-refractivity contribution in [3.05, 3.63) is 24.3 Å². The van der Waals surface area contributed by atoms with Crippen LogP contribution >= 0.6 is 0 Å². The predicted octanol–water partition coefficient (Wildman–Crippen LogP) is 1.04. The number of rotatable bonds is 6. The van der Waals surface area contributed by atoms with E-state index in [1.807, 2.05) is 24.3 Å². The van der Waals surface area contributed by atoms with Crippen LogP contribution in [0.1, 0.15) is 19.8 Å². The number of nitrogens with one attached hydrogen (secondary N) is 1. The Labute approximate surface area is 117 Å². The molecule has 0 radical (unpaired) electrons. The molecule has 0 aliphatic heterocycles. The number of unbranched alkanes of at least 4 members (excludes halogenated alkanes) is 1. The third-order valence-corrected chi connectivity index (χ3v) is 2.80. The Bertz CT molecular complexity index is 580. The summed E-state index contributed by atoms with van der Waals surface area (Å²) in [7, 11) is 0. The van der Waals surface area contributed by atoms with E-state index in [9.17, 15) is 4.79 Å². The normalized spacial score (nSPS) is 10.5. The van der Waals surface area contributed by atoms with Crippen LogP contribution in [0.15, 0.2) is 24.3 Å². The molecule has 0 fully saturated rings. The van der Waals surface area contributed by atoms with Gasteiger partial charge in [-0.1, -0.05) is 12.1 Å². The summed E-state index contributed by atoms with van der Waals surface area (Å²) >= 11 is 0. The highest BCUT2D eigenvalue weighted by atomic mass is 16.1. The summed E-state index contributed by atoms with van der Waals surface area (Å²) in [6, 6.07) is 7.45. The highest BCUT2D eigenvalue weighted by Crippen LogP contribution is 2.20. The van der Waals surface area contributed by atoms with Crippen molar-refractivity contribution < 1.29 is 4.79 Å². The standard InChI is InChI=1S/C13H18N6O/c1-10(20)15-12-6-4-5-11(9-12)13-16-17-18-19(13)8-3-2-7-14/h4-6,9H,2-3,7-8,14H2,1H3,(H,15,20). The lowest BCUT2D eigenvalue weighted by Gasteiger charge is -2.06. The van der Waals surface area contributed by atoms with Crippen LogP contribution in [0, 0.1) is 0 Å². The quantitative estimate of drug-likeness (QED) is 0.767. The summed E-state index contributed by atoms with van der Waals surface area (Å²) in [5.74, 6) is 0.582. The van der Waals surface area contributed by atoms with Gasteiger partial charge in [-0.25, -0.2) is 4.68 Å². The number of hydrogen-bond donors (Lipinski definition) is 2. The Morgan fingerprint density at radius 1 is 1.40 bits per heavy atom. The first-order valence-electron chi connectivity index (χ1n) is 6.55. The molecule has 1 aromatic heterocycles. The van der Waals surface area contributed by atoms with Crippen molar-refractivity contribution in [1.29, 1.82) is 0 Å². The largest absolute Gasteiger partial charge is 0.330 e. The van der Waals surface area contributed by atoms with Crippen molar-refractivity contribution in [2.24, 2.45) is 5.73 Å². The molecule has 0 atom stereocenters. The van der Waals surface area contributed by atoms with E-state index in [0.717, 1.165) is 30.6 Å². The number of carbonyl (C=O) groups excluding carboxylic acids is 1. The van der Waals surface area contributed by atoms with Gasteiger partial charge < -0.3 is 11.1 Å². The van der Waals surface area contributed by atoms with Crippen molar-refractivity contribution in [3.8, 4) is 11.4 Å². The Balaban J connectivity index is 2.18. The molecular weight excluding hydrogens is 256 g/mol. The molecule has 1 heterocycles. The first kappa shape index (κ1) is 14.1. The molecule has 7 heteroatoms. The fraction of sp³-hybridized carbons (Fsp3) is 0.385. The second kappa shape index (κ2) is 6.76. The van der Waals surface area contributed by atoms with E-state index < -0.39 is 0 Å². The number of aryl methyl sites for hydroxylation is 1. The monoisotopic (exact) mass is 274 g/mol. The lowest BCUT2D eigenvalue weighted by atomic mass is 10.2. The fourth-order valence-electron chi connectivity index (χ4n) is 1.91. The first-order chi connectivity index (χ1) is 9.70. The lowest BCUT2D eigenvalue weighted by Crippen LogP contribution is -2.07. The molecule has 106 valence electrons. The molecule has 2 aromatic rings. The van der Waals surface area contributed by atoms with E-state index in [0.29, 0.717) is 12.4 Å². The maximum Gasteiger partial charge on any atom is 0.221 e. The van der Waals surface area contributed by atoms with Gasteiger partial charge in [-0.15, -0.1) is 5.10 Å². The number of aromatic nitrogens is 4. The lowest BCUT2D eigenvalue weighted by molar-refractivity contribution is -0.114. The second-order valence-corrected chi connectivity index (χ2v) is 4.48. The summed E-state index contributed by atoms with van der Waals surface area (Å²) in [6.45, 7) is 2.86. The summed E-state index contributed by atoms with van der Waals surface area (Å²) in [5.41, 5.74) is 7.08. The smallest absolute Gasteiger partial charge is 0.221 e. The summed E-state index contributed by atoms with van der Waals surface area (Å²) in [6.07, 6.45) is 1.87. The Kier molecular flexibility index (Phi) is 4.78. The molecule has 3 N–H and O–H groups in total. The topological polar surface area (TPSA) is 98.7 Å². The van der Waals surface area contributed by atoms with Crippen LogP contribution in [-0.2, 0) is 11.3 Å². The number of tetrazole rings is 1. The Morgan fingerprint density at radius 3 is 3.00 bits per heavy atom. The maximum atomic E-state index is 11.1. The molecule has 0 bridgehead atoms. The molecular formula is C13H18N6O. The minimum Gasteiger partial charge on any atom is -0.330 e. The predicted molar refractivity (Wildman–Crippen MR) is 75.8 cm³/mol. The minimum absolute atomic E-state index is 0.107. The van der Waals surface area contributed by atoms with Gasteiger partial charge in [0, 0.05) is 24.7 Å². The average Bonchev–Trinajstić information content (AvgIpc) is 2.87. The molecule has 0 aliphatic carbocycles. The third-order valence-electron chi connectivity index (χ3n) is 2.80. The van der Waals surface area contributed by atoms with E-state index in [-0.39, 0.29) is 5.91 Å². The van der Waals surface area contributed by atoms with Crippen LogP contribution in [-0.4, -0.2) is 32.7 Å². The molecule has 0 aliphatic rings. The van der Waals surface area contributed by atoms with E-state index in [1.54, 1.807) is 4.68 Å². The van der Waals surface area contributed by atoms with Crippen LogP contribution in [0.25, 0.3) is 11.4 Å². The summed E-state index contributed by atoms with van der Waals surface area (Å²) in [4.78, 5) is 11.1. The van der Waals surface area contributed by atoms with Gasteiger partial charge in [-0.3, -0.25) is 4.79 Å². The van der Waals surface area contributed by atoms with E-state index in [2.05, 4.69) is 20.8 Å². The van der Waals surface area contributed by atoms with Gasteiger partial charge in [0.05, 0.1) is 0 Å². The molecule has 2 rings (SSSR count). The number of amides is 1. The number of benzene rings is 1. The Morgan fingerprint density at radius 2 is 2.25 bits per heavy atom. The first-order valence-corrected chi connectivity index (χ1v) is 6.55. The third kappa shape index (κ3) is 3.61. The molecule has 1 aromatic carbocycles. The Hall–Kier alpha value is -2.28. The fourth-order valence-corrected chi connectivity index (χ4v) is 1.91. The van der Waals surface area contributed by atoms with Gasteiger partial charge in [0.15, 0.2) is 5.82 Å². The number of nitrogens with two attached hydrogens (primary N) is 1. The number of nitrogens with zero attached hydrogens (tertiary/aromatic N) is 4. The van der Waals surface area contributed by atoms with Gasteiger partial charge >= 0.3 is 0 Å². The zero-order valence-corrected chi connectivity index (χ0v) is 11.4. The van der Waals surface area contributed by atoms with E-state index in [1.165, 1.54) is 6.92 Å². The van der Waals surface area contributed by atoms with Gasteiger partial charge in [0.2, 0.25) is 5.91 Å². The number of carbonyl (C=O) groups is 1. The van der Waals surface area contributed by atoms with Gasteiger partial charge in [0.1, 0.15) is 0 Å². The van der Waals surface area contributed by atoms with Crippen molar-refractivity contribution >= 4 is 11.6 Å². The average molecular weight is 274 g/mol. The van der Waals surface area contributed by atoms with E-state index >= 15 is 0 Å². The molecule has 1 amide bonds. The van der Waals surface area contributed by atoms with Crippen LogP contribution in [0.2, 0.25) is 0 Å². The molecule has 20 heavy (non-hydrogen) atoms. The molecule has 0 spiro atoms. The zero-order chi connectivity index (χ0) is 14.4. The number of anilines is 1. The maximum absolute atomic E-state index is 11.1. The van der Waals surface area contributed by atoms with Crippen molar-refractivity contribution in [1.82, 2.24) is 20.2 Å². The summed E-state index contributed by atoms with van der Waals surface area (Å²) < 4.78 is 1.75. The zero-order valence-electron chi connectivity index (χ0n) is 11.4. The van der Waals surface area contributed by atoms with Crippen LogP contribution in [0.4, 0.5) is 5.69 Å². The SMILES string of the molecule is CC(=O)Nc1cccc(-c2nnnn2CCCCN)c1. The van der Waals surface area contributed by atoms with Gasteiger partial charge in [0.25, 0.3) is 0 Å². The van der Waals surface area contributed by atoms with E-state index in [4.69, 9.17) is 5.73 Å². The number of hydrogen-bond acceptors (Lipinski definition) is 5. The minimum atomic E-state index is -0.107. The molecule has 0 unspecified atom stereocenters. The summed E-state index contributed by atoms with van der Waals surface area (Å²) in [5, 5.41) is 14.5.